The molecule has 3 heteroatoms. The van der Waals surface area contributed by atoms with Crippen molar-refractivity contribution >= 4 is 22.6 Å². The highest BCUT2D eigenvalue weighted by molar-refractivity contribution is 14.1. The van der Waals surface area contributed by atoms with Crippen molar-refractivity contribution in [3.05, 3.63) is 0 Å². The minimum atomic E-state index is 1.17. The van der Waals surface area contributed by atoms with Gasteiger partial charge in [-0.1, -0.05) is 29.0 Å². The number of unbranched alkanes of at least 4 members (excludes halogenated alkanes) is 2. The van der Waals surface area contributed by atoms with Crippen LogP contribution in [0.5, 0.6) is 0 Å². The van der Waals surface area contributed by atoms with Gasteiger partial charge in [0.1, 0.15) is 0 Å². The molecule has 0 fully saturated rings. The molecule has 0 aliphatic heterocycles. The van der Waals surface area contributed by atoms with Gasteiger partial charge in [-0.2, -0.15) is 0 Å². The molecule has 0 radical (unpaired) electrons. The summed E-state index contributed by atoms with van der Waals surface area (Å²) in [5, 5.41) is 3.47. The number of alkyl halides is 1. The maximum atomic E-state index is 3.47. The Morgan fingerprint density at radius 2 is 1.69 bits per heavy atom. The third-order valence-corrected chi connectivity index (χ3v) is 2.71. The predicted molar refractivity (Wildman–Crippen MR) is 68.8 cm³/mol. The monoisotopic (exact) mass is 298 g/mol. The molecule has 0 saturated heterocycles. The lowest BCUT2D eigenvalue weighted by molar-refractivity contribution is 0.394. The first kappa shape index (κ1) is 13.7. The van der Waals surface area contributed by atoms with Crippen molar-refractivity contribution in [3.8, 4) is 0 Å². The van der Waals surface area contributed by atoms with Crippen molar-refractivity contribution in [1.82, 2.24) is 10.2 Å². The highest BCUT2D eigenvalue weighted by Crippen LogP contribution is 1.97. The maximum Gasteiger partial charge on any atom is -0.000472 e. The smallest absolute Gasteiger partial charge is 0.000472 e. The Bertz CT molecular complexity index is 96.9. The molecule has 0 saturated carbocycles. The van der Waals surface area contributed by atoms with E-state index >= 15 is 0 Å². The van der Waals surface area contributed by atoms with Gasteiger partial charge in [-0.05, 0) is 57.4 Å². The number of halogens is 1. The van der Waals surface area contributed by atoms with Gasteiger partial charge in [0.15, 0.2) is 0 Å². The number of hydrogen-bond acceptors (Lipinski definition) is 2. The Morgan fingerprint density at radius 3 is 2.31 bits per heavy atom. The summed E-state index contributed by atoms with van der Waals surface area (Å²) >= 11 is 2.44. The van der Waals surface area contributed by atoms with Gasteiger partial charge in [0.05, 0.1) is 0 Å². The first-order chi connectivity index (χ1) is 6.27. The summed E-state index contributed by atoms with van der Waals surface area (Å²) in [6.45, 7) is 3.56. The Kier molecular flexibility index (Phi) is 11.3. The van der Waals surface area contributed by atoms with E-state index < -0.39 is 0 Å². The fourth-order valence-electron chi connectivity index (χ4n) is 1.17. The molecule has 1 N–H and O–H groups in total. The van der Waals surface area contributed by atoms with Crippen LogP contribution in [0.15, 0.2) is 0 Å². The van der Waals surface area contributed by atoms with Crippen LogP contribution in [0.4, 0.5) is 0 Å². The van der Waals surface area contributed by atoms with E-state index in [2.05, 4.69) is 46.9 Å². The van der Waals surface area contributed by atoms with E-state index in [1.165, 1.54) is 49.7 Å². The van der Waals surface area contributed by atoms with Crippen LogP contribution in [0.3, 0.4) is 0 Å². The Balaban J connectivity index is 2.84. The fraction of sp³-hybridized carbons (Fsp3) is 1.00. The number of rotatable bonds is 9. The molecule has 0 amide bonds. The van der Waals surface area contributed by atoms with E-state index in [4.69, 9.17) is 0 Å². The van der Waals surface area contributed by atoms with Gasteiger partial charge in [-0.25, -0.2) is 0 Å². The van der Waals surface area contributed by atoms with Gasteiger partial charge in [0.2, 0.25) is 0 Å². The molecule has 0 heterocycles. The average molecular weight is 298 g/mol. The standard InChI is InChI=1S/C10H23IN2/c1-13(2)10-6-9-12-8-5-3-4-7-11/h12H,3-10H2,1-2H3. The van der Waals surface area contributed by atoms with Crippen molar-refractivity contribution < 1.29 is 0 Å². The summed E-state index contributed by atoms with van der Waals surface area (Å²) < 4.78 is 1.30. The topological polar surface area (TPSA) is 15.3 Å². The minimum Gasteiger partial charge on any atom is -0.317 e. The van der Waals surface area contributed by atoms with Gasteiger partial charge < -0.3 is 10.2 Å². The van der Waals surface area contributed by atoms with Gasteiger partial charge in [-0.15, -0.1) is 0 Å². The third-order valence-electron chi connectivity index (χ3n) is 1.95. The number of hydrogen-bond donors (Lipinski definition) is 1. The van der Waals surface area contributed by atoms with Gasteiger partial charge in [0, 0.05) is 0 Å². The second kappa shape index (κ2) is 10.7. The summed E-state index contributed by atoms with van der Waals surface area (Å²) in [5.74, 6) is 0. The predicted octanol–water partition coefficient (Wildman–Crippen LogP) is 2.13. The van der Waals surface area contributed by atoms with Crippen LogP contribution in [0.25, 0.3) is 0 Å². The molecule has 0 aromatic rings. The first-order valence-corrected chi connectivity index (χ1v) is 6.71. The average Bonchev–Trinajstić information content (AvgIpc) is 2.09. The van der Waals surface area contributed by atoms with Crippen LogP contribution in [0.1, 0.15) is 25.7 Å². The molecule has 80 valence electrons. The molecule has 13 heavy (non-hydrogen) atoms. The molecule has 0 aromatic carbocycles. The summed E-state index contributed by atoms with van der Waals surface area (Å²) in [4.78, 5) is 2.23. The molecule has 2 nitrogen and oxygen atoms in total. The molecule has 0 rings (SSSR count). The lowest BCUT2D eigenvalue weighted by atomic mass is 10.2. The van der Waals surface area contributed by atoms with E-state index in [0.717, 1.165) is 0 Å². The van der Waals surface area contributed by atoms with Crippen molar-refractivity contribution in [1.29, 1.82) is 0 Å². The lowest BCUT2D eigenvalue weighted by Crippen LogP contribution is -2.22. The van der Waals surface area contributed by atoms with Crippen LogP contribution >= 0.6 is 22.6 Å². The van der Waals surface area contributed by atoms with Crippen LogP contribution in [0, 0.1) is 0 Å². The molecule has 0 bridgehead atoms. The fourth-order valence-corrected chi connectivity index (χ4v) is 1.71. The van der Waals surface area contributed by atoms with Crippen molar-refractivity contribution in [2.75, 3.05) is 38.2 Å². The van der Waals surface area contributed by atoms with E-state index in [1.54, 1.807) is 0 Å². The number of nitrogens with one attached hydrogen (secondary N) is 1. The highest BCUT2D eigenvalue weighted by atomic mass is 127. The molecular formula is C10H23IN2. The summed E-state index contributed by atoms with van der Waals surface area (Å²) in [5.41, 5.74) is 0. The molecule has 0 atom stereocenters. The van der Waals surface area contributed by atoms with E-state index in [0.29, 0.717) is 0 Å². The zero-order chi connectivity index (χ0) is 9.94. The zero-order valence-electron chi connectivity index (χ0n) is 8.98. The highest BCUT2D eigenvalue weighted by Gasteiger charge is 1.91. The molecule has 0 spiro atoms. The van der Waals surface area contributed by atoms with Crippen molar-refractivity contribution in [2.24, 2.45) is 0 Å². The zero-order valence-corrected chi connectivity index (χ0v) is 11.1. The second-order valence-electron chi connectivity index (χ2n) is 3.66. The second-order valence-corrected chi connectivity index (χ2v) is 4.74. The van der Waals surface area contributed by atoms with Crippen LogP contribution in [-0.2, 0) is 0 Å². The molecule has 0 aliphatic carbocycles. The Hall–Kier alpha value is 0.650. The van der Waals surface area contributed by atoms with E-state index in [1.807, 2.05) is 0 Å². The first-order valence-electron chi connectivity index (χ1n) is 5.19. The van der Waals surface area contributed by atoms with E-state index in [-0.39, 0.29) is 0 Å². The normalized spacial score (nSPS) is 11.1. The molecule has 0 unspecified atom stereocenters. The molecule has 0 aromatic heterocycles. The number of nitrogens with zero attached hydrogens (tertiary/aromatic N) is 1. The Labute approximate surface area is 96.6 Å². The summed E-state index contributed by atoms with van der Waals surface area (Å²) in [6, 6.07) is 0. The summed E-state index contributed by atoms with van der Waals surface area (Å²) in [7, 11) is 4.25. The molecule has 0 aliphatic rings. The maximum absolute atomic E-state index is 3.47. The van der Waals surface area contributed by atoms with Crippen molar-refractivity contribution in [2.45, 2.75) is 25.7 Å². The van der Waals surface area contributed by atoms with Gasteiger partial charge >= 0.3 is 0 Å². The molecular weight excluding hydrogens is 275 g/mol. The Morgan fingerprint density at radius 1 is 1.00 bits per heavy atom. The van der Waals surface area contributed by atoms with Crippen molar-refractivity contribution in [3.63, 3.8) is 0 Å². The lowest BCUT2D eigenvalue weighted by Gasteiger charge is -2.09. The van der Waals surface area contributed by atoms with Gasteiger partial charge in [0.25, 0.3) is 0 Å². The summed E-state index contributed by atoms with van der Waals surface area (Å²) in [6.07, 6.45) is 5.35. The largest absolute Gasteiger partial charge is 0.317 e. The SMILES string of the molecule is CN(C)CCCNCCCCCI. The van der Waals surface area contributed by atoms with E-state index in [9.17, 15) is 0 Å². The van der Waals surface area contributed by atoms with Crippen LogP contribution in [0.2, 0.25) is 0 Å². The minimum absolute atomic E-state index is 1.17. The third kappa shape index (κ3) is 12.6. The van der Waals surface area contributed by atoms with Crippen LogP contribution in [-0.4, -0.2) is 43.1 Å². The van der Waals surface area contributed by atoms with Gasteiger partial charge in [-0.3, -0.25) is 0 Å². The van der Waals surface area contributed by atoms with Crippen LogP contribution < -0.4 is 5.32 Å². The quantitative estimate of drug-likeness (QED) is 0.398.